The molecule has 1 fully saturated rings. The number of hydrogen-bond donors (Lipinski definition) is 1. The fourth-order valence-electron chi connectivity index (χ4n) is 2.24. The fourth-order valence-corrected chi connectivity index (χ4v) is 2.24. The molecule has 0 aliphatic carbocycles. The summed E-state index contributed by atoms with van der Waals surface area (Å²) in [6.45, 7) is 10.1. The molecule has 100 valence electrons. The molecule has 1 heterocycles. The first kappa shape index (κ1) is 14.3. The van der Waals surface area contributed by atoms with Gasteiger partial charge in [0.2, 0.25) is 0 Å². The average Bonchev–Trinajstić information content (AvgIpc) is 2.40. The lowest BCUT2D eigenvalue weighted by Crippen LogP contribution is -2.45. The summed E-state index contributed by atoms with van der Waals surface area (Å²) < 4.78 is 5.41. The molecule has 0 bridgehead atoms. The van der Waals surface area contributed by atoms with E-state index < -0.39 is 5.60 Å². The number of amides is 1. The fraction of sp³-hybridized carbons (Fsp3) is 0.917. The van der Waals surface area contributed by atoms with E-state index in [1.165, 1.54) is 0 Å². The van der Waals surface area contributed by atoms with Gasteiger partial charge >= 0.3 is 6.09 Å². The largest absolute Gasteiger partial charge is 0.444 e. The highest BCUT2D eigenvalue weighted by molar-refractivity contribution is 5.69. The Bertz CT molecular complexity index is 275. The Morgan fingerprint density at radius 2 is 2.00 bits per heavy atom. The van der Waals surface area contributed by atoms with Crippen LogP contribution in [-0.2, 0) is 9.57 Å². The van der Waals surface area contributed by atoms with Gasteiger partial charge in [0.25, 0.3) is 0 Å². The lowest BCUT2D eigenvalue weighted by atomic mass is 10.0. The van der Waals surface area contributed by atoms with Crippen molar-refractivity contribution >= 4 is 6.09 Å². The van der Waals surface area contributed by atoms with Crippen molar-refractivity contribution in [3.8, 4) is 0 Å². The van der Waals surface area contributed by atoms with E-state index in [0.717, 1.165) is 6.42 Å². The number of nitrogens with zero attached hydrogens (tertiary/aromatic N) is 1. The molecule has 0 radical (unpaired) electrons. The summed E-state index contributed by atoms with van der Waals surface area (Å²) in [7, 11) is 0. The van der Waals surface area contributed by atoms with Gasteiger partial charge in [-0.25, -0.2) is 10.7 Å². The molecule has 1 amide bonds. The van der Waals surface area contributed by atoms with Crippen LogP contribution in [0.15, 0.2) is 0 Å². The molecule has 2 N–H and O–H groups in total. The van der Waals surface area contributed by atoms with Crippen LogP contribution in [0.3, 0.4) is 0 Å². The number of carbonyl (C=O) groups excluding carboxylic acids is 1. The first-order valence-corrected chi connectivity index (χ1v) is 6.09. The number of nitrogens with two attached hydrogens (primary N) is 1. The highest BCUT2D eigenvalue weighted by Crippen LogP contribution is 2.30. The second-order valence-electron chi connectivity index (χ2n) is 5.83. The molecule has 0 unspecified atom stereocenters. The normalized spacial score (nSPS) is 29.5. The molecule has 0 spiro atoms. The van der Waals surface area contributed by atoms with Gasteiger partial charge in [0.15, 0.2) is 0 Å². The zero-order valence-electron chi connectivity index (χ0n) is 11.4. The number of hydrogen-bond acceptors (Lipinski definition) is 4. The third-order valence-electron chi connectivity index (χ3n) is 3.19. The molecule has 3 atom stereocenters. The van der Waals surface area contributed by atoms with Crippen molar-refractivity contribution in [1.82, 2.24) is 4.90 Å². The second-order valence-corrected chi connectivity index (χ2v) is 5.83. The van der Waals surface area contributed by atoms with Crippen LogP contribution in [0.1, 0.15) is 41.0 Å². The zero-order chi connectivity index (χ0) is 13.2. The highest BCUT2D eigenvalue weighted by atomic mass is 16.6. The van der Waals surface area contributed by atoms with Crippen molar-refractivity contribution in [2.24, 2.45) is 11.8 Å². The van der Waals surface area contributed by atoms with E-state index in [2.05, 4.69) is 11.8 Å². The van der Waals surface area contributed by atoms with Crippen molar-refractivity contribution in [3.63, 3.8) is 0 Å². The van der Waals surface area contributed by atoms with Crippen LogP contribution in [0.5, 0.6) is 0 Å². The summed E-state index contributed by atoms with van der Waals surface area (Å²) in [6.07, 6.45) is 0.619. The quantitative estimate of drug-likeness (QED) is 0.754. The predicted molar refractivity (Wildman–Crippen MR) is 65.2 cm³/mol. The monoisotopic (exact) mass is 244 g/mol. The van der Waals surface area contributed by atoms with Gasteiger partial charge in [-0.3, -0.25) is 4.90 Å². The van der Waals surface area contributed by atoms with Crippen molar-refractivity contribution in [3.05, 3.63) is 0 Å². The first-order chi connectivity index (χ1) is 7.76. The van der Waals surface area contributed by atoms with E-state index in [4.69, 9.17) is 10.6 Å². The summed E-state index contributed by atoms with van der Waals surface area (Å²) in [6, 6.07) is 0.171. The van der Waals surface area contributed by atoms with Crippen LogP contribution in [0.25, 0.3) is 0 Å². The standard InChI is InChI=1S/C12H24N2O3/c1-8-6-10(7-16-13)14(9(8)2)11(15)17-12(3,4)5/h8-10H,6-7,13H2,1-5H3/t8-,9-,10-/m0/s1. The maximum atomic E-state index is 12.1. The lowest BCUT2D eigenvalue weighted by Gasteiger charge is -2.31. The number of carbonyl (C=O) groups is 1. The minimum atomic E-state index is -0.475. The van der Waals surface area contributed by atoms with Crippen LogP contribution in [0.2, 0.25) is 0 Å². The van der Waals surface area contributed by atoms with Crippen molar-refractivity contribution in [2.45, 2.75) is 58.7 Å². The summed E-state index contributed by atoms with van der Waals surface area (Å²) in [5.74, 6) is 5.54. The third kappa shape index (κ3) is 3.57. The number of ether oxygens (including phenoxy) is 1. The van der Waals surface area contributed by atoms with Crippen LogP contribution >= 0.6 is 0 Å². The molecule has 0 aromatic heterocycles. The van der Waals surface area contributed by atoms with Crippen LogP contribution < -0.4 is 5.90 Å². The number of likely N-dealkylation sites (tertiary alicyclic amines) is 1. The predicted octanol–water partition coefficient (Wildman–Crippen LogP) is 1.91. The Balaban J connectivity index is 2.74. The van der Waals surface area contributed by atoms with Gasteiger partial charge in [-0.15, -0.1) is 0 Å². The summed E-state index contributed by atoms with van der Waals surface area (Å²) in [5.41, 5.74) is -0.475. The van der Waals surface area contributed by atoms with E-state index in [1.807, 2.05) is 27.7 Å². The maximum absolute atomic E-state index is 12.1. The van der Waals surface area contributed by atoms with Gasteiger partial charge in [0.1, 0.15) is 5.60 Å². The molecule has 0 aromatic carbocycles. The first-order valence-electron chi connectivity index (χ1n) is 6.09. The summed E-state index contributed by atoms with van der Waals surface area (Å²) >= 11 is 0. The van der Waals surface area contributed by atoms with E-state index in [-0.39, 0.29) is 18.2 Å². The zero-order valence-corrected chi connectivity index (χ0v) is 11.4. The Morgan fingerprint density at radius 1 is 1.41 bits per heavy atom. The Morgan fingerprint density at radius 3 is 2.47 bits per heavy atom. The van der Waals surface area contributed by atoms with Gasteiger partial charge in [-0.2, -0.15) is 0 Å². The van der Waals surface area contributed by atoms with Crippen molar-refractivity contribution < 1.29 is 14.4 Å². The van der Waals surface area contributed by atoms with Crippen molar-refractivity contribution in [2.75, 3.05) is 6.61 Å². The summed E-state index contributed by atoms with van der Waals surface area (Å²) in [5, 5.41) is 0. The molecule has 1 rings (SSSR count). The molecular weight excluding hydrogens is 220 g/mol. The molecular formula is C12H24N2O3. The maximum Gasteiger partial charge on any atom is 0.410 e. The van der Waals surface area contributed by atoms with E-state index in [9.17, 15) is 4.79 Å². The van der Waals surface area contributed by atoms with Crippen LogP contribution in [0.4, 0.5) is 4.79 Å². The Kier molecular flexibility index (Phi) is 4.38. The van der Waals surface area contributed by atoms with Gasteiger partial charge in [0, 0.05) is 6.04 Å². The minimum Gasteiger partial charge on any atom is -0.444 e. The number of rotatable bonds is 2. The Labute approximate surface area is 103 Å². The second kappa shape index (κ2) is 5.23. The topological polar surface area (TPSA) is 64.8 Å². The molecule has 17 heavy (non-hydrogen) atoms. The van der Waals surface area contributed by atoms with E-state index in [0.29, 0.717) is 12.5 Å². The third-order valence-corrected chi connectivity index (χ3v) is 3.19. The van der Waals surface area contributed by atoms with E-state index >= 15 is 0 Å². The Hall–Kier alpha value is -0.810. The van der Waals surface area contributed by atoms with Crippen molar-refractivity contribution in [1.29, 1.82) is 0 Å². The molecule has 5 heteroatoms. The minimum absolute atomic E-state index is 0.0137. The molecule has 0 saturated carbocycles. The smallest absolute Gasteiger partial charge is 0.410 e. The van der Waals surface area contributed by atoms with Gasteiger partial charge in [-0.05, 0) is 40.0 Å². The molecule has 1 aliphatic rings. The molecule has 5 nitrogen and oxygen atoms in total. The molecule has 1 aliphatic heterocycles. The van der Waals surface area contributed by atoms with Gasteiger partial charge in [-0.1, -0.05) is 6.92 Å². The highest BCUT2D eigenvalue weighted by Gasteiger charge is 2.41. The molecule has 1 saturated heterocycles. The average molecular weight is 244 g/mol. The lowest BCUT2D eigenvalue weighted by molar-refractivity contribution is 0.00254. The van der Waals surface area contributed by atoms with Gasteiger partial charge < -0.3 is 9.57 Å². The van der Waals surface area contributed by atoms with Crippen LogP contribution in [0, 0.1) is 5.92 Å². The SMILES string of the molecule is C[C@H]1C[C@@H](CON)N(C(=O)OC(C)(C)C)[C@H]1C. The molecule has 0 aromatic rings. The van der Waals surface area contributed by atoms with Gasteiger partial charge in [0.05, 0.1) is 12.6 Å². The van der Waals surface area contributed by atoms with Crippen LogP contribution in [-0.4, -0.2) is 35.3 Å². The summed E-state index contributed by atoms with van der Waals surface area (Å²) in [4.78, 5) is 18.5. The van der Waals surface area contributed by atoms with E-state index in [1.54, 1.807) is 4.90 Å².